The van der Waals surface area contributed by atoms with Gasteiger partial charge in [0, 0.05) is 22.3 Å². The zero-order valence-corrected chi connectivity index (χ0v) is 13.1. The van der Waals surface area contributed by atoms with Crippen LogP contribution in [0.4, 0.5) is 4.39 Å². The largest absolute Gasteiger partial charge is 0.494 e. The molecule has 4 heteroatoms. The van der Waals surface area contributed by atoms with Crippen LogP contribution in [0.2, 0.25) is 0 Å². The first-order valence-electron chi connectivity index (χ1n) is 7.02. The molecule has 2 rings (SSSR count). The molecule has 2 aromatic rings. The highest BCUT2D eigenvalue weighted by molar-refractivity contribution is 7.99. The molecule has 2 aromatic carbocycles. The van der Waals surface area contributed by atoms with Crippen LogP contribution in [0, 0.1) is 5.82 Å². The van der Waals surface area contributed by atoms with Crippen molar-refractivity contribution in [2.45, 2.75) is 17.9 Å². The van der Waals surface area contributed by atoms with Gasteiger partial charge in [-0.1, -0.05) is 18.2 Å². The number of para-hydroxylation sites is 1. The second-order valence-corrected chi connectivity index (χ2v) is 5.67. The number of rotatable bonds is 7. The van der Waals surface area contributed by atoms with Gasteiger partial charge in [0.2, 0.25) is 0 Å². The summed E-state index contributed by atoms with van der Waals surface area (Å²) >= 11 is 1.70. The Kier molecular flexibility index (Phi) is 6.08. The SMILES string of the molecule is CCOc1ccccc1C(CSc1ccc(F)cc1)NC. The zero-order chi connectivity index (χ0) is 15.1. The highest BCUT2D eigenvalue weighted by Crippen LogP contribution is 2.30. The Labute approximate surface area is 129 Å². The first kappa shape index (κ1) is 15.9. The maximum absolute atomic E-state index is 12.9. The maximum atomic E-state index is 12.9. The van der Waals surface area contributed by atoms with Gasteiger partial charge in [-0.2, -0.15) is 0 Å². The fourth-order valence-electron chi connectivity index (χ4n) is 2.09. The molecule has 112 valence electrons. The first-order chi connectivity index (χ1) is 10.2. The summed E-state index contributed by atoms with van der Waals surface area (Å²) in [5.41, 5.74) is 1.15. The molecule has 0 aromatic heterocycles. The molecule has 0 aliphatic rings. The van der Waals surface area contributed by atoms with Gasteiger partial charge < -0.3 is 10.1 Å². The molecule has 0 aliphatic heterocycles. The zero-order valence-electron chi connectivity index (χ0n) is 12.3. The Bertz CT molecular complexity index is 559. The number of ether oxygens (including phenoxy) is 1. The number of nitrogens with one attached hydrogen (secondary N) is 1. The van der Waals surface area contributed by atoms with Crippen LogP contribution in [0.25, 0.3) is 0 Å². The first-order valence-corrected chi connectivity index (χ1v) is 8.00. The van der Waals surface area contributed by atoms with Gasteiger partial charge in [-0.15, -0.1) is 11.8 Å². The summed E-state index contributed by atoms with van der Waals surface area (Å²) in [5, 5.41) is 3.32. The third-order valence-electron chi connectivity index (χ3n) is 3.17. The summed E-state index contributed by atoms with van der Waals surface area (Å²) in [5.74, 6) is 1.57. The molecule has 0 spiro atoms. The summed E-state index contributed by atoms with van der Waals surface area (Å²) in [7, 11) is 1.94. The minimum Gasteiger partial charge on any atom is -0.494 e. The van der Waals surface area contributed by atoms with Crippen LogP contribution in [0.1, 0.15) is 18.5 Å². The van der Waals surface area contributed by atoms with Crippen LogP contribution in [-0.2, 0) is 0 Å². The van der Waals surface area contributed by atoms with Crippen molar-refractivity contribution >= 4 is 11.8 Å². The van der Waals surface area contributed by atoms with E-state index in [0.717, 1.165) is 22.0 Å². The molecule has 0 aliphatic carbocycles. The maximum Gasteiger partial charge on any atom is 0.124 e. The molecule has 0 saturated heterocycles. The molecule has 0 fully saturated rings. The van der Waals surface area contributed by atoms with Crippen LogP contribution in [0.15, 0.2) is 53.4 Å². The lowest BCUT2D eigenvalue weighted by Gasteiger charge is -2.19. The highest BCUT2D eigenvalue weighted by Gasteiger charge is 2.14. The van der Waals surface area contributed by atoms with Crippen LogP contribution in [0.5, 0.6) is 5.75 Å². The molecule has 1 unspecified atom stereocenters. The van der Waals surface area contributed by atoms with Crippen LogP contribution >= 0.6 is 11.8 Å². The summed E-state index contributed by atoms with van der Waals surface area (Å²) in [6.07, 6.45) is 0. The second kappa shape index (κ2) is 8.05. The van der Waals surface area contributed by atoms with E-state index in [1.54, 1.807) is 23.9 Å². The third kappa shape index (κ3) is 4.48. The van der Waals surface area contributed by atoms with E-state index in [-0.39, 0.29) is 11.9 Å². The van der Waals surface area contributed by atoms with E-state index in [4.69, 9.17) is 4.74 Å². The second-order valence-electron chi connectivity index (χ2n) is 4.58. The van der Waals surface area contributed by atoms with Gasteiger partial charge in [0.05, 0.1) is 6.61 Å². The van der Waals surface area contributed by atoms with Crippen LogP contribution in [0.3, 0.4) is 0 Å². The normalized spacial score (nSPS) is 12.1. The number of hydrogen-bond acceptors (Lipinski definition) is 3. The van der Waals surface area contributed by atoms with Gasteiger partial charge >= 0.3 is 0 Å². The third-order valence-corrected chi connectivity index (χ3v) is 4.28. The van der Waals surface area contributed by atoms with Gasteiger partial charge in [0.1, 0.15) is 11.6 Å². The number of benzene rings is 2. The Morgan fingerprint density at radius 1 is 1.14 bits per heavy atom. The number of hydrogen-bond donors (Lipinski definition) is 1. The lowest BCUT2D eigenvalue weighted by atomic mass is 10.1. The fraction of sp³-hybridized carbons (Fsp3) is 0.294. The average Bonchev–Trinajstić information content (AvgIpc) is 2.51. The van der Waals surface area contributed by atoms with E-state index < -0.39 is 0 Å². The van der Waals surface area contributed by atoms with Crippen molar-refractivity contribution in [2.24, 2.45) is 0 Å². The lowest BCUT2D eigenvalue weighted by Crippen LogP contribution is -2.19. The summed E-state index contributed by atoms with van der Waals surface area (Å²) in [6.45, 7) is 2.64. The van der Waals surface area contributed by atoms with Gasteiger partial charge in [0.25, 0.3) is 0 Å². The van der Waals surface area contributed by atoms with E-state index in [2.05, 4.69) is 11.4 Å². The van der Waals surface area contributed by atoms with Crippen molar-refractivity contribution in [2.75, 3.05) is 19.4 Å². The number of thioether (sulfide) groups is 1. The minimum absolute atomic E-state index is 0.183. The van der Waals surface area contributed by atoms with Gasteiger partial charge in [-0.25, -0.2) is 4.39 Å². The van der Waals surface area contributed by atoms with Crippen molar-refractivity contribution in [3.05, 3.63) is 59.9 Å². The van der Waals surface area contributed by atoms with Crippen molar-refractivity contribution in [3.63, 3.8) is 0 Å². The molecule has 0 bridgehead atoms. The van der Waals surface area contributed by atoms with Crippen molar-refractivity contribution in [3.8, 4) is 5.75 Å². The van der Waals surface area contributed by atoms with Gasteiger partial charge in [-0.3, -0.25) is 0 Å². The number of halogens is 1. The molecular formula is C17H20FNOS. The minimum atomic E-state index is -0.203. The predicted octanol–water partition coefficient (Wildman–Crippen LogP) is 4.28. The molecule has 0 radical (unpaired) electrons. The van der Waals surface area contributed by atoms with Crippen molar-refractivity contribution < 1.29 is 9.13 Å². The Morgan fingerprint density at radius 3 is 2.52 bits per heavy atom. The predicted molar refractivity (Wildman–Crippen MR) is 86.5 cm³/mol. The van der Waals surface area contributed by atoms with Crippen molar-refractivity contribution in [1.29, 1.82) is 0 Å². The Hall–Kier alpha value is -1.52. The van der Waals surface area contributed by atoms with Crippen molar-refractivity contribution in [1.82, 2.24) is 5.32 Å². The Morgan fingerprint density at radius 2 is 1.86 bits per heavy atom. The molecular weight excluding hydrogens is 285 g/mol. The lowest BCUT2D eigenvalue weighted by molar-refractivity contribution is 0.333. The molecule has 2 nitrogen and oxygen atoms in total. The van der Waals surface area contributed by atoms with Crippen LogP contribution in [-0.4, -0.2) is 19.4 Å². The summed E-state index contributed by atoms with van der Waals surface area (Å²) < 4.78 is 18.6. The Balaban J connectivity index is 2.07. The monoisotopic (exact) mass is 305 g/mol. The molecule has 21 heavy (non-hydrogen) atoms. The van der Waals surface area contributed by atoms with Crippen LogP contribution < -0.4 is 10.1 Å². The van der Waals surface area contributed by atoms with E-state index in [9.17, 15) is 4.39 Å². The van der Waals surface area contributed by atoms with E-state index in [1.165, 1.54) is 12.1 Å². The molecule has 1 N–H and O–H groups in total. The van der Waals surface area contributed by atoms with Gasteiger partial charge in [0.15, 0.2) is 0 Å². The molecule has 0 amide bonds. The summed E-state index contributed by atoms with van der Waals surface area (Å²) in [4.78, 5) is 1.06. The fourth-order valence-corrected chi connectivity index (χ4v) is 3.13. The van der Waals surface area contributed by atoms with E-state index in [1.807, 2.05) is 32.2 Å². The molecule has 0 saturated carbocycles. The molecule has 0 heterocycles. The average molecular weight is 305 g/mol. The van der Waals surface area contributed by atoms with E-state index in [0.29, 0.717) is 6.61 Å². The highest BCUT2D eigenvalue weighted by atomic mass is 32.2. The summed E-state index contributed by atoms with van der Waals surface area (Å²) in [6, 6.07) is 14.9. The van der Waals surface area contributed by atoms with E-state index >= 15 is 0 Å². The topological polar surface area (TPSA) is 21.3 Å². The standard InChI is InChI=1S/C17H20FNOS/c1-3-20-17-7-5-4-6-15(17)16(19-2)12-21-14-10-8-13(18)9-11-14/h4-11,16,19H,3,12H2,1-2H3. The quantitative estimate of drug-likeness (QED) is 0.772. The smallest absolute Gasteiger partial charge is 0.124 e. The molecule has 1 atom stereocenters. The van der Waals surface area contributed by atoms with Gasteiger partial charge in [-0.05, 0) is 44.3 Å².